The lowest BCUT2D eigenvalue weighted by molar-refractivity contribution is -0.137. The molecule has 0 aliphatic heterocycles. The van der Waals surface area contributed by atoms with E-state index in [1.807, 2.05) is 0 Å². The molecule has 0 spiro atoms. The Bertz CT molecular complexity index is 1190. The average molecular weight is 443 g/mol. The molecule has 164 valence electrons. The number of aliphatic hydroxyl groups excluding tert-OH is 2. The quantitative estimate of drug-likeness (QED) is 0.534. The molecule has 3 aromatic rings. The maximum atomic E-state index is 12.9. The predicted octanol–water partition coefficient (Wildman–Crippen LogP) is 3.56. The lowest BCUT2D eigenvalue weighted by atomic mass is 10.0. The van der Waals surface area contributed by atoms with Crippen molar-refractivity contribution in [3.63, 3.8) is 0 Å². The van der Waals surface area contributed by atoms with Crippen LogP contribution in [0.1, 0.15) is 33.3 Å². The summed E-state index contributed by atoms with van der Waals surface area (Å²) in [5.41, 5.74) is 4.65. The molecule has 0 bridgehead atoms. The third-order valence-corrected chi connectivity index (χ3v) is 4.46. The number of hydrogen-bond donors (Lipinski definition) is 3. The van der Waals surface area contributed by atoms with Crippen molar-refractivity contribution in [1.82, 2.24) is 4.98 Å². The van der Waals surface area contributed by atoms with E-state index in [1.54, 1.807) is 12.1 Å². The molecule has 2 aromatic carbocycles. The lowest BCUT2D eigenvalue weighted by Gasteiger charge is -2.12. The highest BCUT2D eigenvalue weighted by Gasteiger charge is 2.33. The second-order valence-electron chi connectivity index (χ2n) is 6.68. The first kappa shape index (κ1) is 22.7. The molecule has 10 heteroatoms. The number of benzene rings is 2. The monoisotopic (exact) mass is 443 g/mol. The fraction of sp³-hybridized carbons (Fsp3) is 0.136. The van der Waals surface area contributed by atoms with Crippen molar-refractivity contribution >= 4 is 5.91 Å². The van der Waals surface area contributed by atoms with E-state index < -0.39 is 35.9 Å². The second-order valence-corrected chi connectivity index (χ2v) is 6.68. The van der Waals surface area contributed by atoms with Gasteiger partial charge in [0.15, 0.2) is 0 Å². The molecule has 1 atom stereocenters. The van der Waals surface area contributed by atoms with E-state index in [1.165, 1.54) is 30.3 Å². The van der Waals surface area contributed by atoms with Gasteiger partial charge in [0, 0.05) is 5.56 Å². The number of aliphatic hydroxyl groups is 2. The first-order valence-electron chi connectivity index (χ1n) is 9.12. The van der Waals surface area contributed by atoms with E-state index in [2.05, 4.69) is 4.98 Å². The summed E-state index contributed by atoms with van der Waals surface area (Å²) in [5.74, 6) is -0.489. The zero-order valence-corrected chi connectivity index (χ0v) is 16.3. The van der Waals surface area contributed by atoms with Crippen LogP contribution in [0.25, 0.3) is 11.3 Å². The SMILES string of the molecule is N#Cc1cc(Oc2ccc(-c3cc([C@@H](O)CO)cc(C(N)=O)n3)cc2)ccc1C(F)(F)F. The van der Waals surface area contributed by atoms with E-state index in [0.29, 0.717) is 11.3 Å². The van der Waals surface area contributed by atoms with E-state index in [9.17, 15) is 23.1 Å². The molecule has 0 fully saturated rings. The fourth-order valence-corrected chi connectivity index (χ4v) is 2.88. The van der Waals surface area contributed by atoms with Gasteiger partial charge in [-0.1, -0.05) is 0 Å². The van der Waals surface area contributed by atoms with Gasteiger partial charge in [0.25, 0.3) is 5.91 Å². The maximum absolute atomic E-state index is 12.9. The Morgan fingerprint density at radius 1 is 1.12 bits per heavy atom. The summed E-state index contributed by atoms with van der Waals surface area (Å²) >= 11 is 0. The van der Waals surface area contributed by atoms with E-state index >= 15 is 0 Å². The summed E-state index contributed by atoms with van der Waals surface area (Å²) in [4.78, 5) is 15.7. The van der Waals surface area contributed by atoms with Crippen molar-refractivity contribution in [3.8, 4) is 28.8 Å². The van der Waals surface area contributed by atoms with Gasteiger partial charge < -0.3 is 20.7 Å². The zero-order chi connectivity index (χ0) is 23.5. The molecule has 4 N–H and O–H groups in total. The molecular weight excluding hydrogens is 427 g/mol. The van der Waals surface area contributed by atoms with Crippen LogP contribution >= 0.6 is 0 Å². The lowest BCUT2D eigenvalue weighted by Crippen LogP contribution is -2.15. The molecule has 0 saturated heterocycles. The van der Waals surface area contributed by atoms with Gasteiger partial charge in [-0.2, -0.15) is 18.4 Å². The summed E-state index contributed by atoms with van der Waals surface area (Å²) in [7, 11) is 0. The van der Waals surface area contributed by atoms with Crippen molar-refractivity contribution in [2.24, 2.45) is 5.73 Å². The van der Waals surface area contributed by atoms with Gasteiger partial charge in [0.2, 0.25) is 0 Å². The maximum Gasteiger partial charge on any atom is 0.417 e. The summed E-state index contributed by atoms with van der Waals surface area (Å²) in [6.07, 6.45) is -5.88. The first-order valence-corrected chi connectivity index (χ1v) is 9.12. The molecule has 0 radical (unpaired) electrons. The smallest absolute Gasteiger partial charge is 0.417 e. The molecule has 3 rings (SSSR count). The number of alkyl halides is 3. The van der Waals surface area contributed by atoms with Crippen LogP contribution in [0.15, 0.2) is 54.6 Å². The highest BCUT2D eigenvalue weighted by molar-refractivity contribution is 5.91. The minimum Gasteiger partial charge on any atom is -0.457 e. The zero-order valence-electron chi connectivity index (χ0n) is 16.3. The number of carbonyl (C=O) groups excluding carboxylic acids is 1. The first-order chi connectivity index (χ1) is 15.1. The van der Waals surface area contributed by atoms with Crippen molar-refractivity contribution in [3.05, 3.63) is 77.0 Å². The predicted molar refractivity (Wildman–Crippen MR) is 106 cm³/mol. The normalized spacial score (nSPS) is 12.1. The van der Waals surface area contributed by atoms with Crippen molar-refractivity contribution < 1.29 is 32.9 Å². The van der Waals surface area contributed by atoms with Gasteiger partial charge in [-0.05, 0) is 60.2 Å². The van der Waals surface area contributed by atoms with Crippen LogP contribution in [0.4, 0.5) is 13.2 Å². The van der Waals surface area contributed by atoms with Gasteiger partial charge in [-0.25, -0.2) is 4.98 Å². The van der Waals surface area contributed by atoms with Gasteiger partial charge >= 0.3 is 6.18 Å². The number of rotatable bonds is 6. The number of hydrogen-bond acceptors (Lipinski definition) is 6. The molecule has 0 unspecified atom stereocenters. The van der Waals surface area contributed by atoms with Crippen LogP contribution in [0.2, 0.25) is 0 Å². The Kier molecular flexibility index (Phi) is 6.43. The van der Waals surface area contributed by atoms with Gasteiger partial charge in [-0.3, -0.25) is 4.79 Å². The van der Waals surface area contributed by atoms with Crippen LogP contribution < -0.4 is 10.5 Å². The van der Waals surface area contributed by atoms with E-state index in [-0.39, 0.29) is 22.8 Å². The summed E-state index contributed by atoms with van der Waals surface area (Å²) in [5, 5.41) is 28.1. The number of ether oxygens (including phenoxy) is 1. The number of halogens is 3. The van der Waals surface area contributed by atoms with Crippen LogP contribution in [0.3, 0.4) is 0 Å². The molecule has 1 amide bonds. The third-order valence-electron chi connectivity index (χ3n) is 4.46. The van der Waals surface area contributed by atoms with Gasteiger partial charge in [0.05, 0.1) is 29.5 Å². The largest absolute Gasteiger partial charge is 0.457 e. The Balaban J connectivity index is 1.88. The Hall–Kier alpha value is -3.94. The topological polar surface area (TPSA) is 129 Å². The fourth-order valence-electron chi connectivity index (χ4n) is 2.88. The summed E-state index contributed by atoms with van der Waals surface area (Å²) in [6.45, 7) is -0.563. The number of carbonyl (C=O) groups is 1. The molecular formula is C22H16F3N3O4. The average Bonchev–Trinajstić information content (AvgIpc) is 2.77. The highest BCUT2D eigenvalue weighted by atomic mass is 19.4. The minimum absolute atomic E-state index is 0.0458. The molecule has 0 aliphatic carbocycles. The number of primary amides is 1. The van der Waals surface area contributed by atoms with Crippen LogP contribution in [-0.4, -0.2) is 27.7 Å². The second kappa shape index (κ2) is 9.05. The Labute approximate surface area is 180 Å². The third kappa shape index (κ3) is 5.03. The van der Waals surface area contributed by atoms with E-state index in [0.717, 1.165) is 18.2 Å². The molecule has 0 aliphatic rings. The van der Waals surface area contributed by atoms with Gasteiger partial charge in [-0.15, -0.1) is 0 Å². The number of nitriles is 1. The Morgan fingerprint density at radius 3 is 2.34 bits per heavy atom. The molecule has 0 saturated carbocycles. The van der Waals surface area contributed by atoms with Crippen LogP contribution in [0.5, 0.6) is 11.5 Å². The number of nitrogens with zero attached hydrogens (tertiary/aromatic N) is 2. The number of nitrogens with two attached hydrogens (primary N) is 1. The van der Waals surface area contributed by atoms with Gasteiger partial charge in [0.1, 0.15) is 23.3 Å². The highest BCUT2D eigenvalue weighted by Crippen LogP contribution is 2.35. The summed E-state index contributed by atoms with van der Waals surface area (Å²) in [6, 6.07) is 13.3. The van der Waals surface area contributed by atoms with Crippen LogP contribution in [-0.2, 0) is 6.18 Å². The molecule has 32 heavy (non-hydrogen) atoms. The number of pyridine rings is 1. The van der Waals surface area contributed by atoms with Crippen molar-refractivity contribution in [2.45, 2.75) is 12.3 Å². The van der Waals surface area contributed by atoms with E-state index in [4.69, 9.17) is 20.8 Å². The molecule has 1 aromatic heterocycles. The van der Waals surface area contributed by atoms with Crippen molar-refractivity contribution in [2.75, 3.05) is 6.61 Å². The number of aromatic nitrogens is 1. The number of amides is 1. The minimum atomic E-state index is -4.65. The molecule has 7 nitrogen and oxygen atoms in total. The standard InChI is InChI=1S/C22H16F3N3O4/c23-22(24,25)17-6-5-16(7-14(17)10-26)32-15-3-1-12(2-4-15)18-8-13(20(30)11-29)9-19(28-18)21(27)31/h1-9,20,29-30H,11H2,(H2,27,31)/t20-/m0/s1. The Morgan fingerprint density at radius 2 is 1.78 bits per heavy atom. The summed E-state index contributed by atoms with van der Waals surface area (Å²) < 4.78 is 44.3. The molecule has 1 heterocycles. The van der Waals surface area contributed by atoms with Crippen LogP contribution in [0, 0.1) is 11.3 Å². The van der Waals surface area contributed by atoms with Crippen molar-refractivity contribution in [1.29, 1.82) is 5.26 Å².